The summed E-state index contributed by atoms with van der Waals surface area (Å²) in [6, 6.07) is 9.62. The molecule has 1 amide bonds. The second-order valence-corrected chi connectivity index (χ2v) is 6.34. The summed E-state index contributed by atoms with van der Waals surface area (Å²) in [6.45, 7) is 0. The molecule has 2 N–H and O–H groups in total. The van der Waals surface area contributed by atoms with Gasteiger partial charge < -0.3 is 15.2 Å². The third-order valence-electron chi connectivity index (χ3n) is 4.60. The molecule has 5 nitrogen and oxygen atoms in total. The molecule has 0 spiro atoms. The van der Waals surface area contributed by atoms with Crippen molar-refractivity contribution in [1.82, 2.24) is 10.3 Å². The number of aromatic nitrogens is 1. The molecule has 1 heterocycles. The second kappa shape index (κ2) is 7.61. The SMILES string of the molecule is COc1ccc(C(=O)N[C@H](Cc2ccccn2)C2CC(O)C2)cc1F. The van der Waals surface area contributed by atoms with E-state index >= 15 is 0 Å². The molecule has 1 saturated carbocycles. The summed E-state index contributed by atoms with van der Waals surface area (Å²) >= 11 is 0. The Morgan fingerprint density at radius 2 is 2.20 bits per heavy atom. The number of aliphatic hydroxyl groups is 1. The Morgan fingerprint density at radius 1 is 1.40 bits per heavy atom. The van der Waals surface area contributed by atoms with E-state index in [1.54, 1.807) is 6.20 Å². The predicted molar refractivity (Wildman–Crippen MR) is 90.9 cm³/mol. The van der Waals surface area contributed by atoms with Gasteiger partial charge >= 0.3 is 0 Å². The van der Waals surface area contributed by atoms with Gasteiger partial charge in [-0.05, 0) is 49.1 Å². The van der Waals surface area contributed by atoms with Crippen molar-refractivity contribution in [1.29, 1.82) is 0 Å². The number of rotatable bonds is 6. The largest absolute Gasteiger partial charge is 0.494 e. The number of ether oxygens (including phenoxy) is 1. The van der Waals surface area contributed by atoms with E-state index in [1.807, 2.05) is 18.2 Å². The predicted octanol–water partition coefficient (Wildman–Crippen LogP) is 2.34. The van der Waals surface area contributed by atoms with Gasteiger partial charge in [-0.15, -0.1) is 0 Å². The Bertz CT molecular complexity index is 733. The summed E-state index contributed by atoms with van der Waals surface area (Å²) in [6.07, 6.45) is 3.26. The third kappa shape index (κ3) is 4.14. The third-order valence-corrected chi connectivity index (χ3v) is 4.60. The van der Waals surface area contributed by atoms with Gasteiger partial charge in [0.15, 0.2) is 11.6 Å². The maximum absolute atomic E-state index is 13.8. The topological polar surface area (TPSA) is 71.5 Å². The van der Waals surface area contributed by atoms with Gasteiger partial charge in [0.05, 0.1) is 13.2 Å². The number of methoxy groups -OCH3 is 1. The Morgan fingerprint density at radius 3 is 2.80 bits per heavy atom. The van der Waals surface area contributed by atoms with Gasteiger partial charge in [-0.25, -0.2) is 4.39 Å². The number of halogens is 1. The molecule has 3 rings (SSSR count). The molecule has 25 heavy (non-hydrogen) atoms. The number of carbonyl (C=O) groups excluding carboxylic acids is 1. The molecule has 1 aliphatic carbocycles. The maximum Gasteiger partial charge on any atom is 0.251 e. The van der Waals surface area contributed by atoms with E-state index in [0.717, 1.165) is 5.69 Å². The van der Waals surface area contributed by atoms with E-state index in [-0.39, 0.29) is 35.3 Å². The number of nitrogens with zero attached hydrogens (tertiary/aromatic N) is 1. The average molecular weight is 344 g/mol. The van der Waals surface area contributed by atoms with Gasteiger partial charge in [0.1, 0.15) is 0 Å². The maximum atomic E-state index is 13.8. The van der Waals surface area contributed by atoms with Crippen LogP contribution < -0.4 is 10.1 Å². The van der Waals surface area contributed by atoms with Crippen LogP contribution >= 0.6 is 0 Å². The van der Waals surface area contributed by atoms with Gasteiger partial charge in [0.2, 0.25) is 0 Å². The average Bonchev–Trinajstić information content (AvgIpc) is 2.59. The highest BCUT2D eigenvalue weighted by molar-refractivity contribution is 5.94. The van der Waals surface area contributed by atoms with Crippen molar-refractivity contribution in [2.45, 2.75) is 31.4 Å². The minimum absolute atomic E-state index is 0.101. The minimum atomic E-state index is -0.574. The van der Waals surface area contributed by atoms with Crippen LogP contribution in [0.4, 0.5) is 4.39 Å². The van der Waals surface area contributed by atoms with Crippen LogP contribution in [0.1, 0.15) is 28.9 Å². The molecule has 1 aliphatic rings. The normalized spacial score (nSPS) is 20.4. The van der Waals surface area contributed by atoms with Gasteiger partial charge in [-0.2, -0.15) is 0 Å². The summed E-state index contributed by atoms with van der Waals surface area (Å²) in [5, 5.41) is 12.6. The summed E-state index contributed by atoms with van der Waals surface area (Å²) in [4.78, 5) is 16.8. The highest BCUT2D eigenvalue weighted by Gasteiger charge is 2.35. The number of carbonyl (C=O) groups is 1. The van der Waals surface area contributed by atoms with Crippen LogP contribution in [0.15, 0.2) is 42.6 Å². The molecular weight excluding hydrogens is 323 g/mol. The fourth-order valence-corrected chi connectivity index (χ4v) is 3.10. The monoisotopic (exact) mass is 344 g/mol. The number of nitrogens with one attached hydrogen (secondary N) is 1. The van der Waals surface area contributed by atoms with Crippen LogP contribution in [0.2, 0.25) is 0 Å². The Hall–Kier alpha value is -2.47. The Kier molecular flexibility index (Phi) is 5.28. The molecule has 0 aliphatic heterocycles. The standard InChI is InChI=1S/C19H21FN2O3/c1-25-18-6-5-12(10-16(18)20)19(24)22-17(13-8-15(23)9-13)11-14-4-2-3-7-21-14/h2-7,10,13,15,17,23H,8-9,11H2,1H3,(H,22,24)/t13?,15?,17-/m1/s1. The lowest BCUT2D eigenvalue weighted by molar-refractivity contribution is 0.0238. The number of amides is 1. The molecule has 0 unspecified atom stereocenters. The zero-order valence-electron chi connectivity index (χ0n) is 14.0. The summed E-state index contributed by atoms with van der Waals surface area (Å²) in [5.41, 5.74) is 1.11. The van der Waals surface area contributed by atoms with Crippen LogP contribution in [0, 0.1) is 11.7 Å². The van der Waals surface area contributed by atoms with Crippen molar-refractivity contribution in [2.75, 3.05) is 7.11 Å². The van der Waals surface area contributed by atoms with Gasteiger partial charge in [0, 0.05) is 29.9 Å². The van der Waals surface area contributed by atoms with Crippen LogP contribution in [0.25, 0.3) is 0 Å². The van der Waals surface area contributed by atoms with Crippen LogP contribution in [0.3, 0.4) is 0 Å². The minimum Gasteiger partial charge on any atom is -0.494 e. The zero-order chi connectivity index (χ0) is 17.8. The lowest BCUT2D eigenvalue weighted by Crippen LogP contribution is -2.48. The molecule has 1 fully saturated rings. The highest BCUT2D eigenvalue weighted by atomic mass is 19.1. The van der Waals surface area contributed by atoms with E-state index in [1.165, 1.54) is 25.3 Å². The van der Waals surface area contributed by atoms with Crippen molar-refractivity contribution >= 4 is 5.91 Å². The van der Waals surface area contributed by atoms with E-state index < -0.39 is 5.82 Å². The number of pyridine rings is 1. The first-order chi connectivity index (χ1) is 12.1. The highest BCUT2D eigenvalue weighted by Crippen LogP contribution is 2.31. The van der Waals surface area contributed by atoms with Crippen LogP contribution in [0.5, 0.6) is 5.75 Å². The molecule has 2 aromatic rings. The van der Waals surface area contributed by atoms with E-state index in [2.05, 4.69) is 10.3 Å². The van der Waals surface area contributed by atoms with Gasteiger partial charge in [-0.1, -0.05) is 6.07 Å². The smallest absolute Gasteiger partial charge is 0.251 e. The molecule has 132 valence electrons. The Labute approximate surface area is 145 Å². The second-order valence-electron chi connectivity index (χ2n) is 6.34. The fraction of sp³-hybridized carbons (Fsp3) is 0.368. The first kappa shape index (κ1) is 17.4. The quantitative estimate of drug-likeness (QED) is 0.844. The van der Waals surface area contributed by atoms with Crippen LogP contribution in [-0.4, -0.2) is 35.3 Å². The van der Waals surface area contributed by atoms with Crippen LogP contribution in [-0.2, 0) is 6.42 Å². The lowest BCUT2D eigenvalue weighted by atomic mass is 9.76. The lowest BCUT2D eigenvalue weighted by Gasteiger charge is -2.38. The van der Waals surface area contributed by atoms with Crippen molar-refractivity contribution in [2.24, 2.45) is 5.92 Å². The first-order valence-corrected chi connectivity index (χ1v) is 8.29. The molecule has 0 bridgehead atoms. The Balaban J connectivity index is 1.73. The molecule has 0 saturated heterocycles. The molecule has 1 atom stereocenters. The number of hydrogen-bond acceptors (Lipinski definition) is 4. The van der Waals surface area contributed by atoms with Crippen molar-refractivity contribution in [3.8, 4) is 5.75 Å². The molecule has 0 radical (unpaired) electrons. The molecular formula is C19H21FN2O3. The number of aliphatic hydroxyl groups excluding tert-OH is 1. The summed E-state index contributed by atoms with van der Waals surface area (Å²) in [5.74, 6) is -0.632. The van der Waals surface area contributed by atoms with Crippen molar-refractivity contribution in [3.05, 3.63) is 59.7 Å². The molecule has 6 heteroatoms. The fourth-order valence-electron chi connectivity index (χ4n) is 3.10. The van der Waals surface area contributed by atoms with Crippen molar-refractivity contribution < 1.29 is 19.0 Å². The van der Waals surface area contributed by atoms with Gasteiger partial charge in [0.25, 0.3) is 5.91 Å². The number of benzene rings is 1. The zero-order valence-corrected chi connectivity index (χ0v) is 14.0. The van der Waals surface area contributed by atoms with Crippen molar-refractivity contribution in [3.63, 3.8) is 0 Å². The molecule has 1 aromatic heterocycles. The van der Waals surface area contributed by atoms with E-state index in [9.17, 15) is 14.3 Å². The summed E-state index contributed by atoms with van der Waals surface area (Å²) in [7, 11) is 1.38. The summed E-state index contributed by atoms with van der Waals surface area (Å²) < 4.78 is 18.7. The first-order valence-electron chi connectivity index (χ1n) is 8.29. The number of hydrogen-bond donors (Lipinski definition) is 2. The van der Waals surface area contributed by atoms with E-state index in [4.69, 9.17) is 4.74 Å². The van der Waals surface area contributed by atoms with Gasteiger partial charge in [-0.3, -0.25) is 9.78 Å². The van der Waals surface area contributed by atoms with E-state index in [0.29, 0.717) is 19.3 Å². The molecule has 1 aromatic carbocycles.